The van der Waals surface area contributed by atoms with Gasteiger partial charge in [-0.1, -0.05) is 6.07 Å². The van der Waals surface area contributed by atoms with Gasteiger partial charge >= 0.3 is 7.12 Å². The van der Waals surface area contributed by atoms with Gasteiger partial charge in [0.05, 0.1) is 23.5 Å². The van der Waals surface area contributed by atoms with Crippen LogP contribution < -0.4 is 0 Å². The van der Waals surface area contributed by atoms with Crippen LogP contribution in [-0.4, -0.2) is 35.0 Å². The SMILES string of the molecule is Cc1cnc(C=C(CO)B2OC(C)(C)C(C)(C)O2)c(C)c1. The zero-order valence-corrected chi connectivity index (χ0v) is 13.7. The highest BCUT2D eigenvalue weighted by atomic mass is 16.7. The molecule has 0 aromatic carbocycles. The van der Waals surface area contributed by atoms with Crippen LogP contribution >= 0.6 is 0 Å². The van der Waals surface area contributed by atoms with Crippen molar-refractivity contribution in [2.45, 2.75) is 52.7 Å². The molecule has 0 radical (unpaired) electrons. The van der Waals surface area contributed by atoms with E-state index >= 15 is 0 Å². The first-order chi connectivity index (χ1) is 9.66. The predicted molar refractivity (Wildman–Crippen MR) is 84.9 cm³/mol. The lowest BCUT2D eigenvalue weighted by Crippen LogP contribution is -2.41. The predicted octanol–water partition coefficient (Wildman–Crippen LogP) is 2.71. The third-order valence-corrected chi connectivity index (χ3v) is 4.32. The molecule has 0 aliphatic carbocycles. The van der Waals surface area contributed by atoms with Crippen molar-refractivity contribution < 1.29 is 14.4 Å². The number of hydrogen-bond acceptors (Lipinski definition) is 4. The van der Waals surface area contributed by atoms with Crippen molar-refractivity contribution in [3.63, 3.8) is 0 Å². The summed E-state index contributed by atoms with van der Waals surface area (Å²) in [6, 6.07) is 2.07. The number of pyridine rings is 1. The smallest absolute Gasteiger partial charge is 0.400 e. The Morgan fingerprint density at radius 3 is 2.29 bits per heavy atom. The molecule has 0 amide bonds. The second-order valence-electron chi connectivity index (χ2n) is 6.68. The van der Waals surface area contributed by atoms with E-state index in [2.05, 4.69) is 11.1 Å². The van der Waals surface area contributed by atoms with Crippen LogP contribution in [0.1, 0.15) is 44.5 Å². The summed E-state index contributed by atoms with van der Waals surface area (Å²) in [5, 5.41) is 9.68. The molecule has 2 rings (SSSR count). The van der Waals surface area contributed by atoms with E-state index in [4.69, 9.17) is 9.31 Å². The molecule has 2 heterocycles. The summed E-state index contributed by atoms with van der Waals surface area (Å²) in [7, 11) is -0.539. The van der Waals surface area contributed by atoms with Crippen molar-refractivity contribution in [2.75, 3.05) is 6.61 Å². The molecule has 5 heteroatoms. The van der Waals surface area contributed by atoms with Crippen LogP contribution in [0.5, 0.6) is 0 Å². The van der Waals surface area contributed by atoms with Crippen molar-refractivity contribution in [3.05, 3.63) is 34.6 Å². The van der Waals surface area contributed by atoms with Gasteiger partial charge in [0.2, 0.25) is 0 Å². The third-order valence-electron chi connectivity index (χ3n) is 4.32. The lowest BCUT2D eigenvalue weighted by molar-refractivity contribution is 0.00578. The lowest BCUT2D eigenvalue weighted by atomic mass is 9.78. The van der Waals surface area contributed by atoms with Crippen LogP contribution in [0.25, 0.3) is 6.08 Å². The Hall–Kier alpha value is -1.17. The zero-order chi connectivity index (χ0) is 15.8. The van der Waals surface area contributed by atoms with Gasteiger partial charge in [-0.3, -0.25) is 4.98 Å². The summed E-state index contributed by atoms with van der Waals surface area (Å²) in [5.41, 5.74) is 2.87. The molecule has 0 spiro atoms. The van der Waals surface area contributed by atoms with Gasteiger partial charge in [0.15, 0.2) is 0 Å². The minimum absolute atomic E-state index is 0.119. The fraction of sp³-hybridized carbons (Fsp3) is 0.562. The third kappa shape index (κ3) is 3.20. The van der Waals surface area contributed by atoms with E-state index in [1.54, 1.807) is 0 Å². The molecule has 1 N–H and O–H groups in total. The first kappa shape index (κ1) is 16.2. The number of hydrogen-bond donors (Lipinski definition) is 1. The van der Waals surface area contributed by atoms with Gasteiger partial charge in [0.25, 0.3) is 0 Å². The standard InChI is InChI=1S/C16H24BNO3/c1-11-7-12(2)14(18-9-11)8-13(10-19)17-20-15(3,4)16(5,6)21-17/h7-9,19H,10H2,1-6H3. The van der Waals surface area contributed by atoms with Gasteiger partial charge in [-0.25, -0.2) is 0 Å². The highest BCUT2D eigenvalue weighted by Gasteiger charge is 2.52. The highest BCUT2D eigenvalue weighted by Crippen LogP contribution is 2.38. The van der Waals surface area contributed by atoms with Crippen LogP contribution in [0.2, 0.25) is 0 Å². The quantitative estimate of drug-likeness (QED) is 0.869. The molecule has 0 unspecified atom stereocenters. The zero-order valence-electron chi connectivity index (χ0n) is 13.7. The maximum absolute atomic E-state index is 9.68. The van der Waals surface area contributed by atoms with E-state index in [9.17, 15) is 5.11 Å². The number of aliphatic hydroxyl groups excluding tert-OH is 1. The van der Waals surface area contributed by atoms with Crippen molar-refractivity contribution in [3.8, 4) is 0 Å². The van der Waals surface area contributed by atoms with Crippen molar-refractivity contribution in [1.82, 2.24) is 4.98 Å². The fourth-order valence-corrected chi connectivity index (χ4v) is 2.24. The minimum Gasteiger partial charge on any atom is -0.400 e. The Balaban J connectivity index is 2.31. The minimum atomic E-state index is -0.539. The van der Waals surface area contributed by atoms with Gasteiger partial charge in [-0.2, -0.15) is 0 Å². The molecule has 0 atom stereocenters. The van der Waals surface area contributed by atoms with E-state index in [-0.39, 0.29) is 6.61 Å². The molecule has 1 aliphatic rings. The molecule has 0 saturated carbocycles. The number of rotatable bonds is 3. The second kappa shape index (κ2) is 5.56. The van der Waals surface area contributed by atoms with E-state index in [0.717, 1.165) is 16.8 Å². The number of aromatic nitrogens is 1. The van der Waals surface area contributed by atoms with E-state index in [1.807, 2.05) is 53.8 Å². The largest absolute Gasteiger partial charge is 0.492 e. The van der Waals surface area contributed by atoms with Crippen molar-refractivity contribution in [1.29, 1.82) is 0 Å². The summed E-state index contributed by atoms with van der Waals surface area (Å²) in [6.07, 6.45) is 3.68. The fourth-order valence-electron chi connectivity index (χ4n) is 2.24. The molecule has 114 valence electrons. The van der Waals surface area contributed by atoms with Crippen LogP contribution in [0.3, 0.4) is 0 Å². The average Bonchev–Trinajstić information content (AvgIpc) is 2.57. The van der Waals surface area contributed by atoms with Crippen LogP contribution in [0, 0.1) is 13.8 Å². The normalized spacial score (nSPS) is 20.9. The van der Waals surface area contributed by atoms with Crippen LogP contribution in [0.4, 0.5) is 0 Å². The van der Waals surface area contributed by atoms with Gasteiger partial charge < -0.3 is 14.4 Å². The Morgan fingerprint density at radius 1 is 1.24 bits per heavy atom. The van der Waals surface area contributed by atoms with E-state index in [0.29, 0.717) is 5.47 Å². The topological polar surface area (TPSA) is 51.6 Å². The summed E-state index contributed by atoms with van der Waals surface area (Å²) < 4.78 is 11.9. The molecule has 21 heavy (non-hydrogen) atoms. The van der Waals surface area contributed by atoms with Crippen molar-refractivity contribution in [2.24, 2.45) is 0 Å². The van der Waals surface area contributed by atoms with E-state index < -0.39 is 18.3 Å². The first-order valence-corrected chi connectivity index (χ1v) is 7.26. The summed E-state index contributed by atoms with van der Waals surface area (Å²) >= 11 is 0. The molecular weight excluding hydrogens is 265 g/mol. The number of aryl methyl sites for hydroxylation is 2. The first-order valence-electron chi connectivity index (χ1n) is 7.26. The molecule has 1 aliphatic heterocycles. The van der Waals surface area contributed by atoms with Gasteiger partial charge in [-0.05, 0) is 64.2 Å². The molecule has 1 aromatic heterocycles. The summed E-state index contributed by atoms with van der Waals surface area (Å²) in [4.78, 5) is 4.41. The molecular formula is C16H24BNO3. The Labute approximate surface area is 127 Å². The Bertz CT molecular complexity index is 551. The van der Waals surface area contributed by atoms with Gasteiger partial charge in [0, 0.05) is 6.20 Å². The molecule has 1 saturated heterocycles. The number of aliphatic hydroxyl groups is 1. The Morgan fingerprint density at radius 2 is 1.81 bits per heavy atom. The monoisotopic (exact) mass is 289 g/mol. The maximum Gasteiger partial charge on any atom is 0.492 e. The second-order valence-corrected chi connectivity index (χ2v) is 6.68. The van der Waals surface area contributed by atoms with E-state index in [1.165, 1.54) is 0 Å². The number of nitrogens with zero attached hydrogens (tertiary/aromatic N) is 1. The average molecular weight is 289 g/mol. The van der Waals surface area contributed by atoms with Gasteiger partial charge in [0.1, 0.15) is 0 Å². The van der Waals surface area contributed by atoms with Crippen molar-refractivity contribution >= 4 is 13.2 Å². The lowest BCUT2D eigenvalue weighted by Gasteiger charge is -2.32. The Kier molecular flexibility index (Phi) is 4.29. The summed E-state index contributed by atoms with van der Waals surface area (Å²) in [5.74, 6) is 0. The molecule has 0 bridgehead atoms. The molecule has 1 fully saturated rings. The molecule has 1 aromatic rings. The maximum atomic E-state index is 9.68. The highest BCUT2D eigenvalue weighted by molar-refractivity contribution is 6.55. The summed E-state index contributed by atoms with van der Waals surface area (Å²) in [6.45, 7) is 11.9. The van der Waals surface area contributed by atoms with Crippen LogP contribution in [0.15, 0.2) is 17.7 Å². The van der Waals surface area contributed by atoms with Gasteiger partial charge in [-0.15, -0.1) is 0 Å². The van der Waals surface area contributed by atoms with Crippen LogP contribution in [-0.2, 0) is 9.31 Å². The molecule has 4 nitrogen and oxygen atoms in total.